The van der Waals surface area contributed by atoms with E-state index in [4.69, 9.17) is 17.2 Å². The number of rotatable bonds is 14. The maximum atomic E-state index is 13.3. The van der Waals surface area contributed by atoms with Crippen molar-refractivity contribution in [2.75, 3.05) is 38.0 Å². The maximum absolute atomic E-state index is 13.3. The number of nitrogens with one attached hydrogen (secondary N) is 3. The van der Waals surface area contributed by atoms with Crippen LogP contribution in [0.5, 0.6) is 0 Å². The highest BCUT2D eigenvalue weighted by Crippen LogP contribution is 2.29. The van der Waals surface area contributed by atoms with Gasteiger partial charge in [-0.05, 0) is 42.0 Å². The third kappa shape index (κ3) is 10.00. The van der Waals surface area contributed by atoms with E-state index >= 15 is 0 Å². The van der Waals surface area contributed by atoms with Crippen LogP contribution < -0.4 is 33.2 Å². The lowest BCUT2D eigenvalue weighted by molar-refractivity contribution is -0.137. The van der Waals surface area contributed by atoms with E-state index < -0.39 is 54.0 Å². The van der Waals surface area contributed by atoms with Gasteiger partial charge in [0.25, 0.3) is 0 Å². The van der Waals surface area contributed by atoms with Gasteiger partial charge in [-0.15, -0.1) is 0 Å². The summed E-state index contributed by atoms with van der Waals surface area (Å²) in [6.45, 7) is 0.310. The average Bonchev–Trinajstić information content (AvgIpc) is 2.99. The lowest BCUT2D eigenvalue weighted by Crippen LogP contribution is -2.51. The SMILES string of the molecule is NCCN(CCN)C(=O)C[C@H](N)C(=O)NCC(=O)N[C@H](Cc1ccc(C(F)(F)F)cc1)C(=O)Nc1ccc2ncccc2c1. The fourth-order valence-electron chi connectivity index (χ4n) is 4.28. The molecule has 1 heterocycles. The van der Waals surface area contributed by atoms with E-state index in [0.717, 1.165) is 17.5 Å². The highest BCUT2D eigenvalue weighted by Gasteiger charge is 2.30. The first-order valence-corrected chi connectivity index (χ1v) is 13.7. The van der Waals surface area contributed by atoms with Crippen molar-refractivity contribution in [1.82, 2.24) is 20.5 Å². The van der Waals surface area contributed by atoms with Crippen molar-refractivity contribution in [1.29, 1.82) is 0 Å². The molecule has 0 saturated carbocycles. The van der Waals surface area contributed by atoms with Crippen molar-refractivity contribution in [3.63, 3.8) is 0 Å². The van der Waals surface area contributed by atoms with Crippen LogP contribution in [0.4, 0.5) is 18.9 Å². The van der Waals surface area contributed by atoms with Crippen molar-refractivity contribution in [2.24, 2.45) is 17.2 Å². The van der Waals surface area contributed by atoms with Gasteiger partial charge in [0.2, 0.25) is 23.6 Å². The number of benzene rings is 2. The van der Waals surface area contributed by atoms with Crippen LogP contribution in [0, 0.1) is 0 Å². The molecule has 0 radical (unpaired) electrons. The largest absolute Gasteiger partial charge is 0.416 e. The number of anilines is 1. The number of nitrogens with two attached hydrogens (primary N) is 3. The molecule has 3 rings (SSSR count). The molecule has 0 aliphatic rings. The first kappa shape index (κ1) is 33.9. The van der Waals surface area contributed by atoms with Gasteiger partial charge < -0.3 is 38.1 Å². The average molecular weight is 617 g/mol. The number of alkyl halides is 3. The summed E-state index contributed by atoms with van der Waals surface area (Å²) < 4.78 is 39.1. The highest BCUT2D eigenvalue weighted by molar-refractivity contribution is 5.99. The summed E-state index contributed by atoms with van der Waals surface area (Å²) in [7, 11) is 0. The van der Waals surface area contributed by atoms with Crippen LogP contribution in [0.3, 0.4) is 0 Å². The Bertz CT molecular complexity index is 1450. The van der Waals surface area contributed by atoms with Gasteiger partial charge in [-0.1, -0.05) is 18.2 Å². The predicted molar refractivity (Wildman–Crippen MR) is 158 cm³/mol. The summed E-state index contributed by atoms with van der Waals surface area (Å²) in [5, 5.41) is 8.30. The van der Waals surface area contributed by atoms with Crippen LogP contribution in [0.1, 0.15) is 17.5 Å². The zero-order valence-electron chi connectivity index (χ0n) is 23.8. The van der Waals surface area contributed by atoms with Crippen molar-refractivity contribution >= 4 is 40.2 Å². The van der Waals surface area contributed by atoms with Crippen molar-refractivity contribution in [3.8, 4) is 0 Å². The normalized spacial score (nSPS) is 12.7. The van der Waals surface area contributed by atoms with Gasteiger partial charge in [0.05, 0.1) is 30.1 Å². The van der Waals surface area contributed by atoms with Gasteiger partial charge in [-0.25, -0.2) is 0 Å². The Morgan fingerprint density at radius 1 is 0.932 bits per heavy atom. The second-order valence-corrected chi connectivity index (χ2v) is 9.91. The molecule has 1 aromatic heterocycles. The molecule has 15 heteroatoms. The quantitative estimate of drug-likeness (QED) is 0.150. The molecule has 2 atom stereocenters. The fraction of sp³-hybridized carbons (Fsp3) is 0.345. The number of hydrogen-bond acceptors (Lipinski definition) is 8. The fourth-order valence-corrected chi connectivity index (χ4v) is 4.28. The molecule has 3 aromatic rings. The van der Waals surface area contributed by atoms with Crippen LogP contribution in [0.25, 0.3) is 10.9 Å². The third-order valence-electron chi connectivity index (χ3n) is 6.55. The number of carbonyl (C=O) groups is 4. The number of hydrogen-bond donors (Lipinski definition) is 6. The number of fused-ring (bicyclic) bond motifs is 1. The molecule has 0 saturated heterocycles. The molecule has 0 aliphatic carbocycles. The highest BCUT2D eigenvalue weighted by atomic mass is 19.4. The smallest absolute Gasteiger partial charge is 0.346 e. The monoisotopic (exact) mass is 616 g/mol. The molecular weight excluding hydrogens is 581 g/mol. The summed E-state index contributed by atoms with van der Waals surface area (Å²) in [6, 6.07) is 10.2. The van der Waals surface area contributed by atoms with E-state index in [2.05, 4.69) is 20.9 Å². The molecule has 0 spiro atoms. The van der Waals surface area contributed by atoms with Crippen molar-refractivity contribution in [3.05, 3.63) is 71.9 Å². The predicted octanol–water partition coefficient (Wildman–Crippen LogP) is 0.499. The third-order valence-corrected chi connectivity index (χ3v) is 6.55. The second-order valence-electron chi connectivity index (χ2n) is 9.91. The Hall–Kier alpha value is -4.60. The van der Waals surface area contributed by atoms with Gasteiger partial charge in [-0.3, -0.25) is 24.2 Å². The molecule has 0 aliphatic heterocycles. The Morgan fingerprint density at radius 2 is 1.61 bits per heavy atom. The molecule has 9 N–H and O–H groups in total. The van der Waals surface area contributed by atoms with Crippen LogP contribution in [0.15, 0.2) is 60.8 Å². The second kappa shape index (κ2) is 15.7. The summed E-state index contributed by atoms with van der Waals surface area (Å²) in [5.74, 6) is -2.61. The van der Waals surface area contributed by atoms with Gasteiger partial charge in [-0.2, -0.15) is 13.2 Å². The number of halogens is 3. The molecule has 2 aromatic carbocycles. The van der Waals surface area contributed by atoms with Crippen molar-refractivity contribution in [2.45, 2.75) is 31.1 Å². The Morgan fingerprint density at radius 3 is 2.25 bits per heavy atom. The minimum Gasteiger partial charge on any atom is -0.346 e. The standard InChI is InChI=1S/C29H35F3N8O4/c30-29(31,32)20-5-3-18(4-6-20)14-24(28(44)38-21-7-8-23-19(15-21)2-1-11-36-23)39-25(41)17-37-27(43)22(35)16-26(42)40(12-9-33)13-10-34/h1-8,11,15,22,24H,9-10,12-14,16-17,33-35H2,(H,37,43)(H,38,44)(H,39,41)/t22-,24+/m0/s1. The number of aromatic nitrogens is 1. The van der Waals surface area contributed by atoms with E-state index in [1.54, 1.807) is 36.5 Å². The Labute approximate surface area is 251 Å². The number of amides is 4. The summed E-state index contributed by atoms with van der Waals surface area (Å²) >= 11 is 0. The molecule has 0 fully saturated rings. The minimum absolute atomic E-state index is 0.148. The number of carbonyl (C=O) groups excluding carboxylic acids is 4. The molecular formula is C29H35F3N8O4. The van der Waals surface area contributed by atoms with Crippen LogP contribution in [-0.2, 0) is 31.8 Å². The van der Waals surface area contributed by atoms with Crippen molar-refractivity contribution < 1.29 is 32.3 Å². The molecule has 0 bridgehead atoms. The van der Waals surface area contributed by atoms with Crippen LogP contribution in [0.2, 0.25) is 0 Å². The first-order valence-electron chi connectivity index (χ1n) is 13.7. The maximum Gasteiger partial charge on any atom is 0.416 e. The van der Waals surface area contributed by atoms with E-state index in [9.17, 15) is 32.3 Å². The molecule has 44 heavy (non-hydrogen) atoms. The molecule has 236 valence electrons. The van der Waals surface area contributed by atoms with E-state index in [-0.39, 0.29) is 39.0 Å². The zero-order chi connectivity index (χ0) is 32.3. The topological polar surface area (TPSA) is 199 Å². The van der Waals surface area contributed by atoms with Gasteiger partial charge >= 0.3 is 6.18 Å². The number of pyridine rings is 1. The lowest BCUT2D eigenvalue weighted by atomic mass is 10.0. The van der Waals surface area contributed by atoms with Crippen LogP contribution >= 0.6 is 0 Å². The van der Waals surface area contributed by atoms with E-state index in [1.807, 2.05) is 0 Å². The summed E-state index contributed by atoms with van der Waals surface area (Å²) in [4.78, 5) is 56.6. The Balaban J connectivity index is 1.67. The van der Waals surface area contributed by atoms with E-state index in [0.29, 0.717) is 16.8 Å². The van der Waals surface area contributed by atoms with Gasteiger partial charge in [0, 0.05) is 49.9 Å². The molecule has 12 nitrogen and oxygen atoms in total. The molecule has 4 amide bonds. The van der Waals surface area contributed by atoms with Gasteiger partial charge in [0.15, 0.2) is 0 Å². The Kier molecular flexibility index (Phi) is 12.1. The lowest BCUT2D eigenvalue weighted by Gasteiger charge is -2.23. The molecule has 0 unspecified atom stereocenters. The summed E-state index contributed by atoms with van der Waals surface area (Å²) in [5.41, 5.74) is 17.5. The summed E-state index contributed by atoms with van der Waals surface area (Å²) in [6.07, 6.45) is -3.40. The zero-order valence-corrected chi connectivity index (χ0v) is 23.8. The van der Waals surface area contributed by atoms with Crippen LogP contribution in [-0.4, -0.2) is 78.3 Å². The number of nitrogens with zero attached hydrogens (tertiary/aromatic N) is 2. The van der Waals surface area contributed by atoms with E-state index in [1.165, 1.54) is 17.0 Å². The van der Waals surface area contributed by atoms with Gasteiger partial charge in [0.1, 0.15) is 6.04 Å². The first-order chi connectivity index (χ1) is 20.9. The minimum atomic E-state index is -4.54.